The molecular formula is C13H17NO. The van der Waals surface area contributed by atoms with Crippen molar-refractivity contribution < 1.29 is 4.74 Å². The Balaban J connectivity index is 2.12. The standard InChI is InChI=1S/C13H17NO/c1-15-12-6-11-14-10-5-9-13-7-3-2-4-8-13/h2-4,7-8,14H,6,10-12H2,1H3. The highest BCUT2D eigenvalue weighted by atomic mass is 16.5. The number of hydrogen-bond donors (Lipinski definition) is 1. The lowest BCUT2D eigenvalue weighted by atomic mass is 10.2. The summed E-state index contributed by atoms with van der Waals surface area (Å²) in [6.45, 7) is 2.50. The summed E-state index contributed by atoms with van der Waals surface area (Å²) in [6.07, 6.45) is 1.03. The molecule has 0 fully saturated rings. The maximum atomic E-state index is 4.94. The molecule has 0 bridgehead atoms. The largest absolute Gasteiger partial charge is 0.385 e. The van der Waals surface area contributed by atoms with E-state index >= 15 is 0 Å². The van der Waals surface area contributed by atoms with Gasteiger partial charge in [0.15, 0.2) is 0 Å². The summed E-state index contributed by atoms with van der Waals surface area (Å²) in [4.78, 5) is 0. The predicted molar refractivity (Wildman–Crippen MR) is 62.7 cm³/mol. The van der Waals surface area contributed by atoms with Crippen molar-refractivity contribution in [1.82, 2.24) is 5.32 Å². The SMILES string of the molecule is COCCCNCC#Cc1ccccc1. The lowest BCUT2D eigenvalue weighted by Crippen LogP contribution is -2.16. The Morgan fingerprint density at radius 2 is 2.07 bits per heavy atom. The number of benzene rings is 1. The van der Waals surface area contributed by atoms with Crippen LogP contribution in [0.1, 0.15) is 12.0 Å². The van der Waals surface area contributed by atoms with Crippen LogP contribution in [0.15, 0.2) is 30.3 Å². The number of nitrogens with one attached hydrogen (secondary N) is 1. The molecule has 1 aromatic rings. The molecule has 1 aromatic carbocycles. The molecule has 1 N–H and O–H groups in total. The maximum Gasteiger partial charge on any atom is 0.0580 e. The summed E-state index contributed by atoms with van der Waals surface area (Å²) >= 11 is 0. The van der Waals surface area contributed by atoms with Gasteiger partial charge in [0.2, 0.25) is 0 Å². The van der Waals surface area contributed by atoms with E-state index in [4.69, 9.17) is 4.74 Å². The zero-order chi connectivity index (χ0) is 10.8. The van der Waals surface area contributed by atoms with E-state index in [0.717, 1.165) is 31.7 Å². The van der Waals surface area contributed by atoms with Gasteiger partial charge in [0.1, 0.15) is 0 Å². The van der Waals surface area contributed by atoms with E-state index in [0.29, 0.717) is 0 Å². The zero-order valence-corrected chi connectivity index (χ0v) is 9.12. The maximum absolute atomic E-state index is 4.94. The second-order valence-electron chi connectivity index (χ2n) is 3.19. The second-order valence-corrected chi connectivity index (χ2v) is 3.19. The summed E-state index contributed by atoms with van der Waals surface area (Å²) in [5, 5.41) is 3.24. The Bertz CT molecular complexity index is 310. The van der Waals surface area contributed by atoms with E-state index in [-0.39, 0.29) is 0 Å². The molecule has 0 saturated heterocycles. The monoisotopic (exact) mass is 203 g/mol. The van der Waals surface area contributed by atoms with Gasteiger partial charge >= 0.3 is 0 Å². The number of hydrogen-bond acceptors (Lipinski definition) is 2. The predicted octanol–water partition coefficient (Wildman–Crippen LogP) is 1.66. The summed E-state index contributed by atoms with van der Waals surface area (Å²) in [7, 11) is 1.72. The first-order valence-corrected chi connectivity index (χ1v) is 5.17. The zero-order valence-electron chi connectivity index (χ0n) is 9.12. The fourth-order valence-electron chi connectivity index (χ4n) is 1.16. The Labute approximate surface area is 91.6 Å². The van der Waals surface area contributed by atoms with Crippen molar-refractivity contribution in [2.45, 2.75) is 6.42 Å². The molecule has 1 rings (SSSR count). The van der Waals surface area contributed by atoms with Crippen molar-refractivity contribution in [3.63, 3.8) is 0 Å². The van der Waals surface area contributed by atoms with Gasteiger partial charge in [0.25, 0.3) is 0 Å². The van der Waals surface area contributed by atoms with Gasteiger partial charge in [-0.2, -0.15) is 0 Å². The molecule has 2 nitrogen and oxygen atoms in total. The molecule has 0 saturated carbocycles. The van der Waals surface area contributed by atoms with Crippen molar-refractivity contribution in [3.8, 4) is 11.8 Å². The first kappa shape index (κ1) is 11.8. The average molecular weight is 203 g/mol. The Morgan fingerprint density at radius 1 is 1.27 bits per heavy atom. The van der Waals surface area contributed by atoms with Crippen molar-refractivity contribution >= 4 is 0 Å². The average Bonchev–Trinajstić information content (AvgIpc) is 2.29. The molecule has 80 valence electrons. The first-order valence-electron chi connectivity index (χ1n) is 5.17. The van der Waals surface area contributed by atoms with Crippen LogP contribution in [0.3, 0.4) is 0 Å². The van der Waals surface area contributed by atoms with E-state index in [1.807, 2.05) is 30.3 Å². The molecule has 0 unspecified atom stereocenters. The fourth-order valence-corrected chi connectivity index (χ4v) is 1.16. The molecule has 15 heavy (non-hydrogen) atoms. The Hall–Kier alpha value is -1.30. The second kappa shape index (κ2) is 8.05. The lowest BCUT2D eigenvalue weighted by molar-refractivity contribution is 0.194. The minimum atomic E-state index is 0.735. The van der Waals surface area contributed by atoms with Gasteiger partial charge in [-0.3, -0.25) is 0 Å². The van der Waals surface area contributed by atoms with Gasteiger partial charge in [-0.25, -0.2) is 0 Å². The third kappa shape index (κ3) is 5.90. The number of rotatable bonds is 5. The van der Waals surface area contributed by atoms with Crippen LogP contribution < -0.4 is 5.32 Å². The van der Waals surface area contributed by atoms with Crippen molar-refractivity contribution in [2.75, 3.05) is 26.8 Å². The van der Waals surface area contributed by atoms with E-state index in [1.165, 1.54) is 0 Å². The van der Waals surface area contributed by atoms with Crippen LogP contribution >= 0.6 is 0 Å². The molecular weight excluding hydrogens is 186 g/mol. The van der Waals surface area contributed by atoms with Crippen molar-refractivity contribution in [1.29, 1.82) is 0 Å². The highest BCUT2D eigenvalue weighted by Crippen LogP contribution is 1.93. The van der Waals surface area contributed by atoms with Crippen LogP contribution in [0.4, 0.5) is 0 Å². The normalized spacial score (nSPS) is 9.40. The van der Waals surface area contributed by atoms with Crippen LogP contribution in [-0.4, -0.2) is 26.8 Å². The van der Waals surface area contributed by atoms with Crippen molar-refractivity contribution in [2.24, 2.45) is 0 Å². The summed E-state index contributed by atoms with van der Waals surface area (Å²) in [5.41, 5.74) is 1.07. The van der Waals surface area contributed by atoms with Crippen LogP contribution in [0.5, 0.6) is 0 Å². The van der Waals surface area contributed by atoms with Gasteiger partial charge in [-0.05, 0) is 25.1 Å². The van der Waals surface area contributed by atoms with Crippen LogP contribution in [0, 0.1) is 11.8 Å². The van der Waals surface area contributed by atoms with E-state index in [2.05, 4.69) is 17.2 Å². The van der Waals surface area contributed by atoms with Crippen LogP contribution in [0.2, 0.25) is 0 Å². The molecule has 0 aliphatic carbocycles. The topological polar surface area (TPSA) is 21.3 Å². The van der Waals surface area contributed by atoms with Gasteiger partial charge in [-0.15, -0.1) is 0 Å². The first-order chi connectivity index (χ1) is 7.43. The minimum absolute atomic E-state index is 0.735. The number of methoxy groups -OCH3 is 1. The van der Waals surface area contributed by atoms with E-state index in [9.17, 15) is 0 Å². The Kier molecular flexibility index (Phi) is 6.31. The van der Waals surface area contributed by atoms with Gasteiger partial charge in [0, 0.05) is 19.3 Å². The quantitative estimate of drug-likeness (QED) is 0.580. The fraction of sp³-hybridized carbons (Fsp3) is 0.385. The molecule has 0 radical (unpaired) electrons. The van der Waals surface area contributed by atoms with Crippen LogP contribution in [-0.2, 0) is 4.74 Å². The third-order valence-corrected chi connectivity index (χ3v) is 1.92. The molecule has 0 aliphatic rings. The van der Waals surface area contributed by atoms with Crippen LogP contribution in [0.25, 0.3) is 0 Å². The lowest BCUT2D eigenvalue weighted by Gasteiger charge is -1.98. The highest BCUT2D eigenvalue weighted by molar-refractivity contribution is 5.33. The Morgan fingerprint density at radius 3 is 2.80 bits per heavy atom. The molecule has 0 heterocycles. The molecule has 0 atom stereocenters. The van der Waals surface area contributed by atoms with E-state index < -0.39 is 0 Å². The minimum Gasteiger partial charge on any atom is -0.385 e. The summed E-state index contributed by atoms with van der Waals surface area (Å²) < 4.78 is 4.94. The molecule has 0 aliphatic heterocycles. The van der Waals surface area contributed by atoms with E-state index in [1.54, 1.807) is 7.11 Å². The highest BCUT2D eigenvalue weighted by Gasteiger charge is 1.84. The summed E-state index contributed by atoms with van der Waals surface area (Å²) in [6, 6.07) is 10.0. The van der Waals surface area contributed by atoms with Crippen molar-refractivity contribution in [3.05, 3.63) is 35.9 Å². The van der Waals surface area contributed by atoms with Gasteiger partial charge in [-0.1, -0.05) is 30.0 Å². The third-order valence-electron chi connectivity index (χ3n) is 1.92. The van der Waals surface area contributed by atoms with Gasteiger partial charge < -0.3 is 10.1 Å². The smallest absolute Gasteiger partial charge is 0.0580 e. The summed E-state index contributed by atoms with van der Waals surface area (Å²) in [5.74, 6) is 6.17. The number of ether oxygens (including phenoxy) is 1. The molecule has 0 amide bonds. The molecule has 0 spiro atoms. The molecule has 2 heteroatoms. The van der Waals surface area contributed by atoms with Gasteiger partial charge in [0.05, 0.1) is 6.54 Å². The molecule has 0 aromatic heterocycles.